The Morgan fingerprint density at radius 3 is 2.56 bits per heavy atom. The van der Waals surface area contributed by atoms with Crippen LogP contribution in [0.2, 0.25) is 0 Å². The van der Waals surface area contributed by atoms with Crippen molar-refractivity contribution in [2.45, 2.75) is 0 Å². The Morgan fingerprint density at radius 1 is 1.50 bits per heavy atom. The number of Topliss-reactive ketones (excluding diaryl/α,β-unsaturated/α-hetero) is 1. The van der Waals surface area contributed by atoms with Crippen LogP contribution < -0.4 is 15.2 Å². The van der Waals surface area contributed by atoms with E-state index in [1.165, 1.54) is 14.2 Å². The van der Waals surface area contributed by atoms with Gasteiger partial charge >= 0.3 is 0 Å². The van der Waals surface area contributed by atoms with Crippen LogP contribution in [0.3, 0.4) is 0 Å². The molecule has 0 amide bonds. The molecule has 0 radical (unpaired) electrons. The lowest BCUT2D eigenvalue weighted by molar-refractivity contribution is 0.0996. The first kappa shape index (κ1) is 12.9. The van der Waals surface area contributed by atoms with Gasteiger partial charge in [0.1, 0.15) is 5.82 Å². The van der Waals surface area contributed by atoms with Gasteiger partial charge < -0.3 is 15.2 Å². The van der Waals surface area contributed by atoms with Crippen molar-refractivity contribution in [1.82, 2.24) is 0 Å². The molecule has 0 bridgehead atoms. The summed E-state index contributed by atoms with van der Waals surface area (Å²) in [5.41, 5.74) is 5.07. The molecule has 0 fully saturated rings. The number of carbonyl (C=O) groups is 1. The van der Waals surface area contributed by atoms with Gasteiger partial charge in [-0.1, -0.05) is 0 Å². The number of nitrogens with two attached hydrogens (primary N) is 1. The highest BCUT2D eigenvalue weighted by Crippen LogP contribution is 2.39. The molecular formula is C10H11BrFNO3. The summed E-state index contributed by atoms with van der Waals surface area (Å²) in [5.74, 6) is -0.730. The van der Waals surface area contributed by atoms with Crippen LogP contribution in [0.15, 0.2) is 10.5 Å². The van der Waals surface area contributed by atoms with Crippen molar-refractivity contribution < 1.29 is 18.7 Å². The van der Waals surface area contributed by atoms with Crippen LogP contribution >= 0.6 is 15.9 Å². The largest absolute Gasteiger partial charge is 0.493 e. The van der Waals surface area contributed by atoms with Gasteiger partial charge in [-0.15, -0.1) is 0 Å². The van der Waals surface area contributed by atoms with E-state index in [0.29, 0.717) is 0 Å². The average Bonchev–Trinajstić information content (AvgIpc) is 2.27. The molecule has 6 heteroatoms. The highest BCUT2D eigenvalue weighted by atomic mass is 79.9. The minimum absolute atomic E-state index is 0.125. The van der Waals surface area contributed by atoms with Crippen molar-refractivity contribution in [3.05, 3.63) is 21.9 Å². The van der Waals surface area contributed by atoms with Crippen LogP contribution in [0, 0.1) is 5.82 Å². The number of carbonyl (C=O) groups excluding carboxylic acids is 1. The second kappa shape index (κ2) is 5.27. The number of halogens is 2. The summed E-state index contributed by atoms with van der Waals surface area (Å²) in [4.78, 5) is 11.4. The average molecular weight is 292 g/mol. The Morgan fingerprint density at radius 2 is 2.12 bits per heavy atom. The maximum atomic E-state index is 13.6. The molecule has 0 aliphatic carbocycles. The van der Waals surface area contributed by atoms with Crippen molar-refractivity contribution >= 4 is 21.7 Å². The van der Waals surface area contributed by atoms with Crippen molar-refractivity contribution in [3.63, 3.8) is 0 Å². The summed E-state index contributed by atoms with van der Waals surface area (Å²) in [6.07, 6.45) is 0. The molecule has 4 nitrogen and oxygen atoms in total. The zero-order valence-electron chi connectivity index (χ0n) is 8.84. The maximum absolute atomic E-state index is 13.6. The van der Waals surface area contributed by atoms with Gasteiger partial charge in [0, 0.05) is 6.07 Å². The molecule has 0 heterocycles. The first-order chi connectivity index (χ1) is 7.56. The summed E-state index contributed by atoms with van der Waals surface area (Å²) in [5, 5.41) is 0. The Labute approximate surface area is 101 Å². The SMILES string of the molecule is COc1cc(F)c(C(=O)CN)c(Br)c1OC. The van der Waals surface area contributed by atoms with Crippen LogP contribution in [0.4, 0.5) is 4.39 Å². The molecule has 88 valence electrons. The van der Waals surface area contributed by atoms with Gasteiger partial charge in [-0.25, -0.2) is 4.39 Å². The standard InChI is InChI=1S/C10H11BrFNO3/c1-15-7-3-5(12)8(6(14)4-13)9(11)10(7)16-2/h3H,4,13H2,1-2H3. The molecule has 16 heavy (non-hydrogen) atoms. The van der Waals surface area contributed by atoms with Crippen LogP contribution in [0.25, 0.3) is 0 Å². The van der Waals surface area contributed by atoms with E-state index < -0.39 is 11.6 Å². The van der Waals surface area contributed by atoms with Crippen LogP contribution in [-0.4, -0.2) is 26.5 Å². The first-order valence-electron chi connectivity index (χ1n) is 4.40. The predicted octanol–water partition coefficient (Wildman–Crippen LogP) is 1.75. The normalized spacial score (nSPS) is 10.1. The summed E-state index contributed by atoms with van der Waals surface area (Å²) >= 11 is 3.10. The molecule has 0 spiro atoms. The van der Waals surface area contributed by atoms with Gasteiger partial charge in [-0.2, -0.15) is 0 Å². The fourth-order valence-corrected chi connectivity index (χ4v) is 2.05. The van der Waals surface area contributed by atoms with Crippen LogP contribution in [0.5, 0.6) is 11.5 Å². The Bertz CT molecular complexity index is 423. The van der Waals surface area contributed by atoms with Gasteiger partial charge in [0.25, 0.3) is 0 Å². The molecule has 1 rings (SSSR count). The molecule has 1 aromatic carbocycles. The lowest BCUT2D eigenvalue weighted by atomic mass is 10.1. The third-order valence-corrected chi connectivity index (χ3v) is 2.78. The van der Waals surface area contributed by atoms with E-state index in [0.717, 1.165) is 6.07 Å². The molecule has 0 aliphatic heterocycles. The molecule has 0 aromatic heterocycles. The van der Waals surface area contributed by atoms with Crippen molar-refractivity contribution in [3.8, 4) is 11.5 Å². The van der Waals surface area contributed by atoms with Crippen molar-refractivity contribution in [2.75, 3.05) is 20.8 Å². The van der Waals surface area contributed by atoms with E-state index in [2.05, 4.69) is 15.9 Å². The quantitative estimate of drug-likeness (QED) is 0.859. The Hall–Kier alpha value is -1.14. The summed E-state index contributed by atoms with van der Waals surface area (Å²) in [7, 11) is 2.78. The smallest absolute Gasteiger partial charge is 0.180 e. The molecule has 0 saturated carbocycles. The van der Waals surface area contributed by atoms with E-state index in [-0.39, 0.29) is 28.1 Å². The minimum atomic E-state index is -0.694. The monoisotopic (exact) mass is 291 g/mol. The summed E-state index contributed by atoms with van der Waals surface area (Å²) in [6, 6.07) is 1.09. The number of ketones is 1. The van der Waals surface area contributed by atoms with E-state index in [1.807, 2.05) is 0 Å². The number of ether oxygens (including phenoxy) is 2. The molecule has 0 unspecified atom stereocenters. The van der Waals surface area contributed by atoms with Crippen LogP contribution in [0.1, 0.15) is 10.4 Å². The van der Waals surface area contributed by atoms with Gasteiger partial charge in [0.15, 0.2) is 17.3 Å². The molecular weight excluding hydrogens is 281 g/mol. The molecule has 0 aliphatic rings. The lowest BCUT2D eigenvalue weighted by Crippen LogP contribution is -2.16. The Balaban J connectivity index is 3.46. The first-order valence-corrected chi connectivity index (χ1v) is 5.19. The van der Waals surface area contributed by atoms with E-state index in [1.54, 1.807) is 0 Å². The van der Waals surface area contributed by atoms with Gasteiger partial charge in [-0.05, 0) is 15.9 Å². The number of rotatable bonds is 4. The van der Waals surface area contributed by atoms with E-state index in [9.17, 15) is 9.18 Å². The van der Waals surface area contributed by atoms with E-state index in [4.69, 9.17) is 15.2 Å². The number of hydrogen-bond donors (Lipinski definition) is 1. The summed E-state index contributed by atoms with van der Waals surface area (Å²) < 4.78 is 23.8. The fourth-order valence-electron chi connectivity index (χ4n) is 1.28. The predicted molar refractivity (Wildman–Crippen MR) is 60.6 cm³/mol. The fraction of sp³-hybridized carbons (Fsp3) is 0.300. The lowest BCUT2D eigenvalue weighted by Gasteiger charge is -2.13. The van der Waals surface area contributed by atoms with Gasteiger partial charge in [0.2, 0.25) is 0 Å². The minimum Gasteiger partial charge on any atom is -0.493 e. The molecule has 1 aromatic rings. The maximum Gasteiger partial charge on any atom is 0.180 e. The second-order valence-corrected chi connectivity index (χ2v) is 3.70. The highest BCUT2D eigenvalue weighted by molar-refractivity contribution is 9.10. The topological polar surface area (TPSA) is 61.5 Å². The zero-order valence-corrected chi connectivity index (χ0v) is 10.4. The van der Waals surface area contributed by atoms with Gasteiger partial charge in [0.05, 0.1) is 30.8 Å². The summed E-state index contributed by atoms with van der Waals surface area (Å²) in [6.45, 7) is -0.273. The second-order valence-electron chi connectivity index (χ2n) is 2.91. The third kappa shape index (κ3) is 2.17. The molecule has 0 saturated heterocycles. The van der Waals surface area contributed by atoms with Crippen molar-refractivity contribution in [1.29, 1.82) is 0 Å². The molecule has 2 N–H and O–H groups in total. The Kier molecular flexibility index (Phi) is 4.26. The van der Waals surface area contributed by atoms with E-state index >= 15 is 0 Å². The number of benzene rings is 1. The zero-order chi connectivity index (χ0) is 12.3. The van der Waals surface area contributed by atoms with Crippen molar-refractivity contribution in [2.24, 2.45) is 5.73 Å². The highest BCUT2D eigenvalue weighted by Gasteiger charge is 2.22. The van der Waals surface area contributed by atoms with Crippen LogP contribution in [-0.2, 0) is 0 Å². The molecule has 0 atom stereocenters. The van der Waals surface area contributed by atoms with Gasteiger partial charge in [-0.3, -0.25) is 4.79 Å². The third-order valence-electron chi connectivity index (χ3n) is 2.03. The number of hydrogen-bond acceptors (Lipinski definition) is 4. The number of methoxy groups -OCH3 is 2.